The average Bonchev–Trinajstić information content (AvgIpc) is 2.73. The van der Waals surface area contributed by atoms with Crippen LogP contribution in [0, 0.1) is 6.92 Å². The molecule has 1 aromatic heterocycles. The zero-order chi connectivity index (χ0) is 20.4. The van der Waals surface area contributed by atoms with Crippen LogP contribution in [0.5, 0.6) is 0 Å². The first kappa shape index (κ1) is 19.5. The predicted octanol–water partition coefficient (Wildman–Crippen LogP) is 5.20. The summed E-state index contributed by atoms with van der Waals surface area (Å²) in [5.74, 6) is 0. The Morgan fingerprint density at radius 1 is 0.862 bits per heavy atom. The molecule has 4 rings (SSSR count). The van der Waals surface area contributed by atoms with E-state index in [1.807, 2.05) is 79.3 Å². The second kappa shape index (κ2) is 7.89. The maximum Gasteiger partial charge on any atom is 0.234 e. The molecule has 0 aliphatic rings. The number of aryl methyl sites for hydroxylation is 2. The van der Waals surface area contributed by atoms with Crippen molar-refractivity contribution in [2.24, 2.45) is 7.05 Å². The summed E-state index contributed by atoms with van der Waals surface area (Å²) in [6.45, 7) is 2.04. The Kier molecular flexibility index (Phi) is 5.30. The fraction of sp³-hybridized carbons (Fsp3) is 0.0870. The van der Waals surface area contributed by atoms with Crippen molar-refractivity contribution in [2.45, 2.75) is 16.7 Å². The van der Waals surface area contributed by atoms with Crippen molar-refractivity contribution in [3.63, 3.8) is 0 Å². The van der Waals surface area contributed by atoms with Crippen LogP contribution in [-0.4, -0.2) is 8.42 Å². The van der Waals surface area contributed by atoms with E-state index in [1.165, 1.54) is 5.56 Å². The highest BCUT2D eigenvalue weighted by molar-refractivity contribution is 8.72. The van der Waals surface area contributed by atoms with Gasteiger partial charge in [-0.05, 0) is 37.3 Å². The van der Waals surface area contributed by atoms with Crippen molar-refractivity contribution in [1.82, 2.24) is 0 Å². The first-order chi connectivity index (χ1) is 13.9. The molecular formula is C23H21N2O2S2+. The number of benzene rings is 3. The van der Waals surface area contributed by atoms with Crippen LogP contribution < -0.4 is 9.88 Å². The molecule has 0 aliphatic heterocycles. The molecule has 1 heterocycles. The van der Waals surface area contributed by atoms with E-state index in [0.717, 1.165) is 33.1 Å². The first-order valence-electron chi connectivity index (χ1n) is 9.19. The number of anilines is 2. The number of aromatic nitrogens is 1. The normalized spacial score (nSPS) is 11.5. The number of para-hydroxylation sites is 1. The molecule has 0 unspecified atom stereocenters. The highest BCUT2D eigenvalue weighted by Gasteiger charge is 2.23. The summed E-state index contributed by atoms with van der Waals surface area (Å²) in [6.07, 6.45) is 1.87. The minimum absolute atomic E-state index is 0.294. The fourth-order valence-corrected chi connectivity index (χ4v) is 6.14. The van der Waals surface area contributed by atoms with Gasteiger partial charge in [0.1, 0.15) is 11.9 Å². The summed E-state index contributed by atoms with van der Waals surface area (Å²) in [6, 6.07) is 24.5. The van der Waals surface area contributed by atoms with Gasteiger partial charge in [0.05, 0.1) is 16.0 Å². The second-order valence-corrected chi connectivity index (χ2v) is 10.6. The minimum Gasteiger partial charge on any atom is -0.354 e. The molecular weight excluding hydrogens is 400 g/mol. The van der Waals surface area contributed by atoms with Gasteiger partial charge in [0.15, 0.2) is 6.20 Å². The van der Waals surface area contributed by atoms with Gasteiger partial charge in [-0.2, -0.15) is 4.57 Å². The third kappa shape index (κ3) is 4.13. The van der Waals surface area contributed by atoms with Gasteiger partial charge in [-0.3, -0.25) is 0 Å². The Hall–Kier alpha value is -2.83. The molecule has 0 fully saturated rings. The predicted molar refractivity (Wildman–Crippen MR) is 119 cm³/mol. The Labute approximate surface area is 174 Å². The Bertz CT molecular complexity index is 1270. The maximum atomic E-state index is 13.0. The molecule has 3 aromatic carbocycles. The van der Waals surface area contributed by atoms with E-state index in [-0.39, 0.29) is 0 Å². The van der Waals surface area contributed by atoms with Gasteiger partial charge in [0, 0.05) is 22.5 Å². The summed E-state index contributed by atoms with van der Waals surface area (Å²) in [4.78, 5) is 0.942. The standard InChI is InChI=1S/C23H20N2O2S2/c1-17-12-14-18(15-13-17)24-23-20-10-6-7-11-21(20)25(2)16-22(23)28-29(26,27)19-8-4-3-5-9-19/h3-16H,1-2H3/p+1. The number of pyridine rings is 1. The number of nitrogens with zero attached hydrogens (tertiary/aromatic N) is 1. The molecule has 0 atom stereocenters. The van der Waals surface area contributed by atoms with Gasteiger partial charge >= 0.3 is 0 Å². The van der Waals surface area contributed by atoms with Crippen LogP contribution in [0.1, 0.15) is 5.56 Å². The number of nitrogens with one attached hydrogen (secondary N) is 1. The topological polar surface area (TPSA) is 50.1 Å². The highest BCUT2D eigenvalue weighted by Crippen LogP contribution is 2.39. The molecule has 0 saturated carbocycles. The largest absolute Gasteiger partial charge is 0.354 e. The number of rotatable bonds is 5. The molecule has 4 nitrogen and oxygen atoms in total. The zero-order valence-electron chi connectivity index (χ0n) is 16.2. The van der Waals surface area contributed by atoms with Gasteiger partial charge in [0.2, 0.25) is 14.4 Å². The molecule has 29 heavy (non-hydrogen) atoms. The lowest BCUT2D eigenvalue weighted by atomic mass is 10.1. The molecule has 0 aliphatic carbocycles. The zero-order valence-corrected chi connectivity index (χ0v) is 17.8. The van der Waals surface area contributed by atoms with Crippen LogP contribution in [0.15, 0.2) is 94.9 Å². The second-order valence-electron chi connectivity index (χ2n) is 6.84. The van der Waals surface area contributed by atoms with E-state index in [1.54, 1.807) is 24.3 Å². The van der Waals surface area contributed by atoms with Crippen LogP contribution >= 0.6 is 10.8 Å². The molecule has 0 amide bonds. The molecule has 146 valence electrons. The molecule has 4 aromatic rings. The molecule has 0 saturated heterocycles. The first-order valence-corrected chi connectivity index (χ1v) is 12.0. The highest BCUT2D eigenvalue weighted by atomic mass is 33.1. The van der Waals surface area contributed by atoms with Gasteiger partial charge in [-0.1, -0.05) is 48.0 Å². The van der Waals surface area contributed by atoms with E-state index in [4.69, 9.17) is 0 Å². The monoisotopic (exact) mass is 421 g/mol. The van der Waals surface area contributed by atoms with E-state index >= 15 is 0 Å². The number of hydrogen-bond donors (Lipinski definition) is 1. The lowest BCUT2D eigenvalue weighted by Gasteiger charge is -2.14. The van der Waals surface area contributed by atoms with E-state index < -0.39 is 8.87 Å². The smallest absolute Gasteiger partial charge is 0.234 e. The summed E-state index contributed by atoms with van der Waals surface area (Å²) in [5.41, 5.74) is 3.88. The molecule has 0 bridgehead atoms. The molecule has 1 N–H and O–H groups in total. The Balaban J connectivity index is 1.85. The summed E-state index contributed by atoms with van der Waals surface area (Å²) in [5, 5.41) is 4.41. The van der Waals surface area contributed by atoms with Crippen molar-refractivity contribution < 1.29 is 13.0 Å². The van der Waals surface area contributed by atoms with Gasteiger partial charge in [0.25, 0.3) is 0 Å². The average molecular weight is 422 g/mol. The van der Waals surface area contributed by atoms with Crippen LogP contribution in [-0.2, 0) is 15.9 Å². The number of hydrogen-bond acceptors (Lipinski definition) is 4. The number of fused-ring (bicyclic) bond motifs is 1. The van der Waals surface area contributed by atoms with Crippen LogP contribution in [0.25, 0.3) is 10.9 Å². The van der Waals surface area contributed by atoms with Crippen LogP contribution in [0.3, 0.4) is 0 Å². The third-order valence-corrected chi connectivity index (χ3v) is 8.00. The SMILES string of the molecule is Cc1ccc(Nc2c(SS(=O)(=O)c3ccccc3)c[n+](C)c3ccccc23)cc1. The van der Waals surface area contributed by atoms with E-state index in [0.29, 0.717) is 9.79 Å². The Morgan fingerprint density at radius 2 is 1.52 bits per heavy atom. The van der Waals surface area contributed by atoms with Gasteiger partial charge in [-0.15, -0.1) is 0 Å². The lowest BCUT2D eigenvalue weighted by Crippen LogP contribution is -2.29. The van der Waals surface area contributed by atoms with Crippen LogP contribution in [0.4, 0.5) is 11.4 Å². The lowest BCUT2D eigenvalue weighted by molar-refractivity contribution is -0.646. The van der Waals surface area contributed by atoms with Gasteiger partial charge < -0.3 is 5.32 Å². The van der Waals surface area contributed by atoms with Crippen molar-refractivity contribution in [3.05, 3.63) is 90.6 Å². The van der Waals surface area contributed by atoms with Crippen molar-refractivity contribution in [1.29, 1.82) is 0 Å². The third-order valence-electron chi connectivity index (χ3n) is 4.66. The minimum atomic E-state index is -3.56. The summed E-state index contributed by atoms with van der Waals surface area (Å²) >= 11 is 0. The summed E-state index contributed by atoms with van der Waals surface area (Å²) in [7, 11) is -0.763. The molecule has 0 spiro atoms. The quantitative estimate of drug-likeness (QED) is 0.356. The van der Waals surface area contributed by atoms with Gasteiger partial charge in [-0.25, -0.2) is 8.42 Å². The fourth-order valence-electron chi connectivity index (χ4n) is 3.16. The van der Waals surface area contributed by atoms with E-state index in [2.05, 4.69) is 5.32 Å². The Morgan fingerprint density at radius 3 is 2.24 bits per heavy atom. The van der Waals surface area contributed by atoms with E-state index in [9.17, 15) is 8.42 Å². The summed E-state index contributed by atoms with van der Waals surface area (Å²) < 4.78 is 28.0. The maximum absolute atomic E-state index is 13.0. The van der Waals surface area contributed by atoms with Crippen molar-refractivity contribution >= 4 is 41.9 Å². The molecule has 6 heteroatoms. The van der Waals surface area contributed by atoms with Crippen molar-refractivity contribution in [3.8, 4) is 0 Å². The molecule has 0 radical (unpaired) electrons. The van der Waals surface area contributed by atoms with Crippen LogP contribution in [0.2, 0.25) is 0 Å². The van der Waals surface area contributed by atoms with Crippen molar-refractivity contribution in [2.75, 3.05) is 5.32 Å².